The summed E-state index contributed by atoms with van der Waals surface area (Å²) in [5.41, 5.74) is 1.15. The zero-order valence-corrected chi connectivity index (χ0v) is 18.4. The number of carbonyl (C=O) groups is 4. The number of carbonyl (C=O) groups excluding carboxylic acids is 1. The fourth-order valence-electron chi connectivity index (χ4n) is 2.57. The van der Waals surface area contributed by atoms with Gasteiger partial charge in [0.2, 0.25) is 0 Å². The SMILES string of the molecule is O=C(O)CC[C@H](NC(=O)N[C@@H](CCCCNCc1ccc([125I])cc1)C(=O)O)C(=O)O. The van der Waals surface area contributed by atoms with E-state index in [2.05, 4.69) is 38.5 Å². The van der Waals surface area contributed by atoms with E-state index in [4.69, 9.17) is 10.2 Å². The Balaban J connectivity index is 2.34. The van der Waals surface area contributed by atoms with Crippen molar-refractivity contribution in [2.75, 3.05) is 6.54 Å². The van der Waals surface area contributed by atoms with Crippen LogP contribution >= 0.6 is 22.6 Å². The van der Waals surface area contributed by atoms with E-state index in [0.717, 1.165) is 9.13 Å². The minimum absolute atomic E-state index is 0.181. The van der Waals surface area contributed by atoms with Crippen LogP contribution in [-0.4, -0.2) is 57.9 Å². The van der Waals surface area contributed by atoms with Crippen LogP contribution in [0.15, 0.2) is 24.3 Å². The van der Waals surface area contributed by atoms with Crippen molar-refractivity contribution in [2.45, 2.75) is 50.7 Å². The van der Waals surface area contributed by atoms with Crippen molar-refractivity contribution in [1.82, 2.24) is 16.0 Å². The first-order chi connectivity index (χ1) is 14.2. The van der Waals surface area contributed by atoms with Crippen molar-refractivity contribution in [3.05, 3.63) is 33.4 Å². The van der Waals surface area contributed by atoms with Gasteiger partial charge in [-0.25, -0.2) is 14.4 Å². The fraction of sp³-hybridized carbons (Fsp3) is 0.474. The van der Waals surface area contributed by atoms with Gasteiger partial charge >= 0.3 is 23.9 Å². The van der Waals surface area contributed by atoms with Crippen molar-refractivity contribution in [1.29, 1.82) is 0 Å². The molecule has 0 fully saturated rings. The third-order valence-corrected chi connectivity index (χ3v) is 4.91. The number of hydrogen-bond acceptors (Lipinski definition) is 5. The third kappa shape index (κ3) is 11.0. The number of halogens is 1. The van der Waals surface area contributed by atoms with E-state index >= 15 is 0 Å². The number of urea groups is 1. The van der Waals surface area contributed by atoms with Gasteiger partial charge in [-0.1, -0.05) is 12.1 Å². The predicted molar refractivity (Wildman–Crippen MR) is 116 cm³/mol. The van der Waals surface area contributed by atoms with Gasteiger partial charge in [-0.3, -0.25) is 4.79 Å². The highest BCUT2D eigenvalue weighted by atomic mass is 125. The molecule has 0 aliphatic rings. The molecule has 1 rings (SSSR count). The lowest BCUT2D eigenvalue weighted by Gasteiger charge is -2.18. The lowest BCUT2D eigenvalue weighted by molar-refractivity contribution is -0.140. The molecule has 2 atom stereocenters. The van der Waals surface area contributed by atoms with Crippen LogP contribution in [0.1, 0.15) is 37.7 Å². The maximum atomic E-state index is 11.9. The summed E-state index contributed by atoms with van der Waals surface area (Å²) in [5.74, 6) is -3.81. The Kier molecular flexibility index (Phi) is 11.7. The molecule has 0 spiro atoms. The fourth-order valence-corrected chi connectivity index (χ4v) is 2.93. The summed E-state index contributed by atoms with van der Waals surface area (Å²) in [6.45, 7) is 1.38. The summed E-state index contributed by atoms with van der Waals surface area (Å²) in [5, 5.41) is 34.5. The molecule has 0 bridgehead atoms. The second-order valence-corrected chi connectivity index (χ2v) is 7.88. The lowest BCUT2D eigenvalue weighted by atomic mass is 10.1. The topological polar surface area (TPSA) is 165 Å². The van der Waals surface area contributed by atoms with Crippen LogP contribution in [0, 0.1) is 3.57 Å². The van der Waals surface area contributed by atoms with Crippen molar-refractivity contribution in [2.24, 2.45) is 0 Å². The zero-order chi connectivity index (χ0) is 22.5. The highest BCUT2D eigenvalue weighted by Gasteiger charge is 2.24. The van der Waals surface area contributed by atoms with Crippen LogP contribution in [0.5, 0.6) is 0 Å². The molecule has 30 heavy (non-hydrogen) atoms. The molecule has 166 valence electrons. The predicted octanol–water partition coefficient (Wildman–Crippen LogP) is 1.62. The van der Waals surface area contributed by atoms with Crippen molar-refractivity contribution in [3.8, 4) is 0 Å². The summed E-state index contributed by atoms with van der Waals surface area (Å²) in [6.07, 6.45) is 0.684. The molecule has 6 N–H and O–H groups in total. The van der Waals surface area contributed by atoms with E-state index in [1.54, 1.807) is 0 Å². The molecule has 1 aromatic rings. The molecule has 0 aromatic heterocycles. The Morgan fingerprint density at radius 1 is 0.867 bits per heavy atom. The molecule has 0 saturated heterocycles. The summed E-state index contributed by atoms with van der Waals surface area (Å²) in [4.78, 5) is 44.9. The van der Waals surface area contributed by atoms with Crippen LogP contribution < -0.4 is 16.0 Å². The Morgan fingerprint density at radius 3 is 1.97 bits per heavy atom. The molecule has 10 nitrogen and oxygen atoms in total. The maximum Gasteiger partial charge on any atom is 0.326 e. The van der Waals surface area contributed by atoms with E-state index in [9.17, 15) is 24.3 Å². The molecule has 1 aromatic carbocycles. The minimum atomic E-state index is -1.42. The Hall–Kier alpha value is -2.41. The first kappa shape index (κ1) is 25.6. The molecule has 0 heterocycles. The summed E-state index contributed by atoms with van der Waals surface area (Å²) in [7, 11) is 0. The molecule has 0 aliphatic carbocycles. The van der Waals surface area contributed by atoms with Crippen LogP contribution in [0.25, 0.3) is 0 Å². The highest BCUT2D eigenvalue weighted by molar-refractivity contribution is 14.1. The number of nitrogens with one attached hydrogen (secondary N) is 3. The van der Waals surface area contributed by atoms with Gasteiger partial charge in [0.15, 0.2) is 0 Å². The summed E-state index contributed by atoms with van der Waals surface area (Å²) >= 11 is 2.23. The lowest BCUT2D eigenvalue weighted by Crippen LogP contribution is -2.51. The average molecular weight is 533 g/mol. The summed E-state index contributed by atoms with van der Waals surface area (Å²) < 4.78 is 1.16. The third-order valence-electron chi connectivity index (χ3n) is 4.19. The van der Waals surface area contributed by atoms with Gasteiger partial charge in [-0.15, -0.1) is 0 Å². The van der Waals surface area contributed by atoms with Crippen molar-refractivity contribution in [3.63, 3.8) is 0 Å². The molecule has 2 amide bonds. The minimum Gasteiger partial charge on any atom is -0.481 e. The van der Waals surface area contributed by atoms with E-state index < -0.39 is 42.4 Å². The molecule has 0 aliphatic heterocycles. The Bertz CT molecular complexity index is 727. The van der Waals surface area contributed by atoms with Crippen LogP contribution in [0.2, 0.25) is 0 Å². The second-order valence-electron chi connectivity index (χ2n) is 6.63. The number of carboxylic acids is 3. The van der Waals surface area contributed by atoms with Crippen LogP contribution in [0.4, 0.5) is 4.79 Å². The first-order valence-electron chi connectivity index (χ1n) is 9.38. The van der Waals surface area contributed by atoms with Gasteiger partial charge in [0.25, 0.3) is 0 Å². The van der Waals surface area contributed by atoms with Gasteiger partial charge < -0.3 is 31.3 Å². The zero-order valence-electron chi connectivity index (χ0n) is 16.3. The van der Waals surface area contributed by atoms with Gasteiger partial charge in [-0.05, 0) is 72.5 Å². The number of amides is 2. The maximum absolute atomic E-state index is 11.9. The van der Waals surface area contributed by atoms with Crippen LogP contribution in [-0.2, 0) is 20.9 Å². The average Bonchev–Trinajstić information content (AvgIpc) is 2.67. The van der Waals surface area contributed by atoms with E-state index in [1.165, 1.54) is 0 Å². The van der Waals surface area contributed by atoms with E-state index in [1.807, 2.05) is 24.3 Å². The largest absolute Gasteiger partial charge is 0.481 e. The Labute approximate surface area is 187 Å². The normalized spacial score (nSPS) is 12.6. The number of benzene rings is 1. The van der Waals surface area contributed by atoms with Gasteiger partial charge in [0.05, 0.1) is 0 Å². The molecule has 0 radical (unpaired) electrons. The highest BCUT2D eigenvalue weighted by Crippen LogP contribution is 2.07. The number of aliphatic carboxylic acids is 3. The van der Waals surface area contributed by atoms with Gasteiger partial charge in [0, 0.05) is 16.5 Å². The number of hydrogen-bond donors (Lipinski definition) is 6. The van der Waals surface area contributed by atoms with E-state index in [-0.39, 0.29) is 12.8 Å². The summed E-state index contributed by atoms with van der Waals surface area (Å²) in [6, 6.07) is 4.54. The van der Waals surface area contributed by atoms with Crippen LogP contribution in [0.3, 0.4) is 0 Å². The molecular formula is C19H26IN3O7. The number of carboxylic acid groups (broad SMARTS) is 3. The van der Waals surface area contributed by atoms with Crippen molar-refractivity contribution >= 4 is 46.5 Å². The molecular weight excluding hydrogens is 507 g/mol. The van der Waals surface area contributed by atoms with Crippen molar-refractivity contribution < 1.29 is 34.5 Å². The molecule has 11 heteroatoms. The molecule has 0 saturated carbocycles. The smallest absolute Gasteiger partial charge is 0.326 e. The monoisotopic (exact) mass is 533 g/mol. The van der Waals surface area contributed by atoms with Gasteiger partial charge in [-0.2, -0.15) is 0 Å². The second kappa shape index (κ2) is 13.7. The number of unbranched alkanes of at least 4 members (excludes halogenated alkanes) is 1. The van der Waals surface area contributed by atoms with E-state index in [0.29, 0.717) is 25.9 Å². The van der Waals surface area contributed by atoms with Gasteiger partial charge in [0.1, 0.15) is 12.1 Å². The first-order valence-corrected chi connectivity index (χ1v) is 10.5. The Morgan fingerprint density at radius 2 is 1.43 bits per heavy atom. The quantitative estimate of drug-likeness (QED) is 0.155. The number of rotatable bonds is 14. The standard InChI is InChI=1S/C19H26IN3O7/c20-13-6-4-12(5-7-13)11-21-10-2-1-3-14(17(26)27)22-19(30)23-15(18(28)29)8-9-16(24)25/h4-7,14-15,21H,1-3,8-11H2,(H,24,25)(H,26,27)(H,28,29)(H2,22,23,30)/t14-,15-/m0/s1/i20-2. The molecule has 0 unspecified atom stereocenters.